The first-order valence-electron chi connectivity index (χ1n) is 6.12. The number of hydrogen-bond donors (Lipinski definition) is 2. The fourth-order valence-electron chi connectivity index (χ4n) is 1.26. The van der Waals surface area contributed by atoms with E-state index >= 15 is 0 Å². The first-order chi connectivity index (χ1) is 8.90. The van der Waals surface area contributed by atoms with Gasteiger partial charge in [-0.25, -0.2) is 0 Å². The lowest BCUT2D eigenvalue weighted by atomic mass is 10.2. The Morgan fingerprint density at radius 1 is 1.42 bits per heavy atom. The van der Waals surface area contributed by atoms with Gasteiger partial charge in [0.1, 0.15) is 18.5 Å². The van der Waals surface area contributed by atoms with Crippen molar-refractivity contribution in [3.8, 4) is 11.8 Å². The number of ether oxygens (including phenoxy) is 1. The number of rotatable bonds is 6. The van der Waals surface area contributed by atoms with Gasteiger partial charge in [0, 0.05) is 0 Å². The van der Waals surface area contributed by atoms with Gasteiger partial charge in [0.2, 0.25) is 0 Å². The number of aliphatic hydroxyl groups is 1. The van der Waals surface area contributed by atoms with Gasteiger partial charge in [0.15, 0.2) is 0 Å². The van der Waals surface area contributed by atoms with Crippen molar-refractivity contribution >= 4 is 0 Å². The molecule has 0 spiro atoms. The molecule has 1 unspecified atom stereocenters. The van der Waals surface area contributed by atoms with Gasteiger partial charge in [-0.3, -0.25) is 4.84 Å². The molecule has 0 aliphatic carbocycles. The summed E-state index contributed by atoms with van der Waals surface area (Å²) in [7, 11) is 0. The van der Waals surface area contributed by atoms with Gasteiger partial charge in [-0.05, 0) is 39.0 Å². The average molecular weight is 264 g/mol. The molecule has 19 heavy (non-hydrogen) atoms. The van der Waals surface area contributed by atoms with Gasteiger partial charge in [0.25, 0.3) is 0 Å². The van der Waals surface area contributed by atoms with Crippen LogP contribution in [0.3, 0.4) is 0 Å². The van der Waals surface area contributed by atoms with E-state index in [1.165, 1.54) is 0 Å². The van der Waals surface area contributed by atoms with Crippen LogP contribution in [-0.2, 0) is 4.84 Å². The predicted molar refractivity (Wildman–Crippen MR) is 71.5 cm³/mol. The van der Waals surface area contributed by atoms with Gasteiger partial charge in [-0.1, -0.05) is 6.07 Å². The SMILES string of the molecule is CC(C)(C)ONCC(O)COc1cccc(C#N)c1. The molecule has 5 nitrogen and oxygen atoms in total. The molecule has 0 amide bonds. The van der Waals surface area contributed by atoms with Crippen LogP contribution in [0.2, 0.25) is 0 Å². The standard InChI is InChI=1S/C14H20N2O3/c1-14(2,3)19-16-9-12(17)10-18-13-6-4-5-11(7-13)8-15/h4-7,12,16-17H,9-10H2,1-3H3. The van der Waals surface area contributed by atoms with Crippen LogP contribution in [0.4, 0.5) is 0 Å². The van der Waals surface area contributed by atoms with Crippen LogP contribution in [0, 0.1) is 11.3 Å². The normalized spacial score (nSPS) is 12.8. The Labute approximate surface area is 113 Å². The number of aliphatic hydroxyl groups excluding tert-OH is 1. The van der Waals surface area contributed by atoms with Gasteiger partial charge >= 0.3 is 0 Å². The summed E-state index contributed by atoms with van der Waals surface area (Å²) in [5.41, 5.74) is 2.93. The van der Waals surface area contributed by atoms with Gasteiger partial charge in [-0.15, -0.1) is 0 Å². The van der Waals surface area contributed by atoms with E-state index in [0.717, 1.165) is 0 Å². The van der Waals surface area contributed by atoms with Crippen molar-refractivity contribution in [2.75, 3.05) is 13.2 Å². The van der Waals surface area contributed by atoms with Crippen LogP contribution < -0.4 is 10.2 Å². The highest BCUT2D eigenvalue weighted by Crippen LogP contribution is 2.12. The minimum atomic E-state index is -0.687. The summed E-state index contributed by atoms with van der Waals surface area (Å²) in [6.45, 7) is 6.15. The molecular weight excluding hydrogens is 244 g/mol. The zero-order chi connectivity index (χ0) is 14.3. The molecule has 5 heteroatoms. The number of nitriles is 1. The second-order valence-corrected chi connectivity index (χ2v) is 5.17. The highest BCUT2D eigenvalue weighted by molar-refractivity contribution is 5.36. The molecule has 1 aromatic carbocycles. The van der Waals surface area contributed by atoms with Crippen LogP contribution >= 0.6 is 0 Å². The number of hydrogen-bond acceptors (Lipinski definition) is 5. The summed E-state index contributed by atoms with van der Waals surface area (Å²) >= 11 is 0. The summed E-state index contributed by atoms with van der Waals surface area (Å²) in [6, 6.07) is 8.84. The predicted octanol–water partition coefficient (Wildman–Crippen LogP) is 1.62. The molecule has 1 rings (SSSR count). The highest BCUT2D eigenvalue weighted by atomic mass is 16.7. The Morgan fingerprint density at radius 2 is 2.16 bits per heavy atom. The summed E-state index contributed by atoms with van der Waals surface area (Å²) < 4.78 is 5.40. The first kappa shape index (κ1) is 15.4. The van der Waals surface area contributed by atoms with Crippen LogP contribution in [0.1, 0.15) is 26.3 Å². The smallest absolute Gasteiger partial charge is 0.120 e. The second-order valence-electron chi connectivity index (χ2n) is 5.17. The summed E-state index contributed by atoms with van der Waals surface area (Å²) in [5.74, 6) is 0.565. The molecular formula is C14H20N2O3. The Balaban J connectivity index is 2.30. The molecule has 0 heterocycles. The van der Waals surface area contributed by atoms with E-state index in [9.17, 15) is 5.11 Å². The fourth-order valence-corrected chi connectivity index (χ4v) is 1.26. The number of hydroxylamine groups is 1. The van der Waals surface area contributed by atoms with Crippen molar-refractivity contribution in [1.82, 2.24) is 5.48 Å². The van der Waals surface area contributed by atoms with E-state index in [4.69, 9.17) is 14.8 Å². The molecule has 0 aliphatic heterocycles. The van der Waals surface area contributed by atoms with E-state index in [1.807, 2.05) is 26.8 Å². The van der Waals surface area contributed by atoms with Crippen molar-refractivity contribution in [3.05, 3.63) is 29.8 Å². The largest absolute Gasteiger partial charge is 0.491 e. The lowest BCUT2D eigenvalue weighted by Gasteiger charge is -2.21. The quantitative estimate of drug-likeness (QED) is 0.764. The molecule has 0 saturated carbocycles. The first-order valence-corrected chi connectivity index (χ1v) is 6.12. The molecule has 1 atom stereocenters. The molecule has 2 N–H and O–H groups in total. The maximum Gasteiger partial charge on any atom is 0.120 e. The molecule has 0 bridgehead atoms. The lowest BCUT2D eigenvalue weighted by molar-refractivity contribution is -0.0857. The fraction of sp³-hybridized carbons (Fsp3) is 0.500. The Hall–Kier alpha value is -1.61. The Morgan fingerprint density at radius 3 is 2.79 bits per heavy atom. The van der Waals surface area contributed by atoms with Gasteiger partial charge in [-0.2, -0.15) is 10.7 Å². The van der Waals surface area contributed by atoms with Crippen LogP contribution in [0.25, 0.3) is 0 Å². The molecule has 0 saturated heterocycles. The molecule has 1 aromatic rings. The summed E-state index contributed by atoms with van der Waals surface area (Å²) in [4.78, 5) is 5.28. The number of benzene rings is 1. The molecule has 0 fully saturated rings. The number of nitrogens with zero attached hydrogens (tertiary/aromatic N) is 1. The molecule has 0 aromatic heterocycles. The maximum atomic E-state index is 9.70. The lowest BCUT2D eigenvalue weighted by Crippen LogP contribution is -2.36. The van der Waals surface area contributed by atoms with Crippen LogP contribution in [-0.4, -0.2) is 30.0 Å². The monoisotopic (exact) mass is 264 g/mol. The Bertz CT molecular complexity index is 435. The Kier molecular flexibility index (Phi) is 5.77. The summed E-state index contributed by atoms with van der Waals surface area (Å²) in [6.07, 6.45) is -0.687. The van der Waals surface area contributed by atoms with E-state index in [2.05, 4.69) is 5.48 Å². The van der Waals surface area contributed by atoms with E-state index in [1.54, 1.807) is 24.3 Å². The van der Waals surface area contributed by atoms with Crippen molar-refractivity contribution in [1.29, 1.82) is 5.26 Å². The zero-order valence-corrected chi connectivity index (χ0v) is 11.5. The third kappa shape index (κ3) is 6.77. The maximum absolute atomic E-state index is 9.70. The van der Waals surface area contributed by atoms with Crippen molar-refractivity contribution in [3.63, 3.8) is 0 Å². The third-order valence-corrected chi connectivity index (χ3v) is 2.10. The van der Waals surface area contributed by atoms with Gasteiger partial charge < -0.3 is 9.84 Å². The average Bonchev–Trinajstić information content (AvgIpc) is 2.35. The number of nitrogens with one attached hydrogen (secondary N) is 1. The van der Waals surface area contributed by atoms with Gasteiger partial charge in [0.05, 0.1) is 23.8 Å². The van der Waals surface area contributed by atoms with Crippen molar-refractivity contribution < 1.29 is 14.7 Å². The highest BCUT2D eigenvalue weighted by Gasteiger charge is 2.12. The molecule has 104 valence electrons. The summed E-state index contributed by atoms with van der Waals surface area (Å²) in [5, 5.41) is 18.5. The van der Waals surface area contributed by atoms with E-state index in [0.29, 0.717) is 11.3 Å². The third-order valence-electron chi connectivity index (χ3n) is 2.10. The van der Waals surface area contributed by atoms with E-state index < -0.39 is 6.10 Å². The van der Waals surface area contributed by atoms with Crippen LogP contribution in [0.15, 0.2) is 24.3 Å². The van der Waals surface area contributed by atoms with Crippen molar-refractivity contribution in [2.24, 2.45) is 0 Å². The topological polar surface area (TPSA) is 74.5 Å². The minimum absolute atomic E-state index is 0.134. The van der Waals surface area contributed by atoms with Crippen LogP contribution in [0.5, 0.6) is 5.75 Å². The zero-order valence-electron chi connectivity index (χ0n) is 11.5. The molecule has 0 radical (unpaired) electrons. The second kappa shape index (κ2) is 7.10. The minimum Gasteiger partial charge on any atom is -0.491 e. The van der Waals surface area contributed by atoms with Crippen molar-refractivity contribution in [2.45, 2.75) is 32.5 Å². The molecule has 0 aliphatic rings. The van der Waals surface area contributed by atoms with E-state index in [-0.39, 0.29) is 18.8 Å².